The third kappa shape index (κ3) is 5.00. The highest BCUT2D eigenvalue weighted by atomic mass is 32.2. The lowest BCUT2D eigenvalue weighted by atomic mass is 10.3. The fourth-order valence-electron chi connectivity index (χ4n) is 2.75. The normalized spacial score (nSPS) is 11.9. The van der Waals surface area contributed by atoms with Crippen molar-refractivity contribution in [2.24, 2.45) is 0 Å². The van der Waals surface area contributed by atoms with Gasteiger partial charge >= 0.3 is 0 Å². The SMILES string of the molecule is C=CCn1c(N)cc(=O)nc1S[C@@H](CC)C(=O)Nc1nc2ccc(OCC)cc2s1. The molecule has 30 heavy (non-hydrogen) atoms. The number of allylic oxidation sites excluding steroid dienone is 1. The number of nitrogen functional groups attached to an aromatic ring is 1. The molecule has 0 unspecified atom stereocenters. The van der Waals surface area contributed by atoms with Crippen molar-refractivity contribution in [1.29, 1.82) is 0 Å². The predicted molar refractivity (Wildman–Crippen MR) is 122 cm³/mol. The highest BCUT2D eigenvalue weighted by Gasteiger charge is 2.22. The number of thioether (sulfide) groups is 1. The summed E-state index contributed by atoms with van der Waals surface area (Å²) in [7, 11) is 0. The van der Waals surface area contributed by atoms with Crippen molar-refractivity contribution >= 4 is 50.2 Å². The summed E-state index contributed by atoms with van der Waals surface area (Å²) in [5.74, 6) is 0.832. The number of ether oxygens (including phenoxy) is 1. The highest BCUT2D eigenvalue weighted by Crippen LogP contribution is 2.31. The van der Waals surface area contributed by atoms with Crippen LogP contribution >= 0.6 is 23.1 Å². The number of benzene rings is 1. The fraction of sp³-hybridized carbons (Fsp3) is 0.300. The van der Waals surface area contributed by atoms with Crippen LogP contribution < -0.4 is 21.3 Å². The van der Waals surface area contributed by atoms with Crippen LogP contribution in [0.2, 0.25) is 0 Å². The molecule has 1 amide bonds. The van der Waals surface area contributed by atoms with Gasteiger partial charge < -0.3 is 20.4 Å². The van der Waals surface area contributed by atoms with E-state index >= 15 is 0 Å². The van der Waals surface area contributed by atoms with Crippen LogP contribution in [-0.2, 0) is 11.3 Å². The summed E-state index contributed by atoms with van der Waals surface area (Å²) >= 11 is 2.58. The first-order chi connectivity index (χ1) is 14.4. The van der Waals surface area contributed by atoms with Crippen molar-refractivity contribution < 1.29 is 9.53 Å². The Bertz CT molecular complexity index is 1130. The van der Waals surface area contributed by atoms with E-state index in [1.807, 2.05) is 32.0 Å². The van der Waals surface area contributed by atoms with Crippen molar-refractivity contribution in [1.82, 2.24) is 14.5 Å². The van der Waals surface area contributed by atoms with Crippen molar-refractivity contribution in [2.75, 3.05) is 17.7 Å². The first-order valence-corrected chi connectivity index (χ1v) is 11.1. The first-order valence-electron chi connectivity index (χ1n) is 9.44. The molecule has 3 rings (SSSR count). The molecule has 0 aliphatic heterocycles. The van der Waals surface area contributed by atoms with Gasteiger partial charge in [-0.1, -0.05) is 36.1 Å². The molecular weight excluding hydrogens is 422 g/mol. The van der Waals surface area contributed by atoms with Gasteiger partial charge in [0.2, 0.25) is 5.91 Å². The number of nitrogens with two attached hydrogens (primary N) is 1. The summed E-state index contributed by atoms with van der Waals surface area (Å²) < 4.78 is 8.09. The molecule has 8 nitrogen and oxygen atoms in total. The number of anilines is 2. The maximum absolute atomic E-state index is 12.9. The number of carbonyl (C=O) groups is 1. The maximum Gasteiger partial charge on any atom is 0.275 e. The summed E-state index contributed by atoms with van der Waals surface area (Å²) in [6.07, 6.45) is 2.19. The highest BCUT2D eigenvalue weighted by molar-refractivity contribution is 8.00. The van der Waals surface area contributed by atoms with Gasteiger partial charge in [0, 0.05) is 12.6 Å². The molecule has 0 saturated heterocycles. The van der Waals surface area contributed by atoms with Gasteiger partial charge in [0.1, 0.15) is 11.6 Å². The van der Waals surface area contributed by atoms with E-state index in [1.165, 1.54) is 29.2 Å². The van der Waals surface area contributed by atoms with Gasteiger partial charge in [0.25, 0.3) is 5.56 Å². The number of amides is 1. The lowest BCUT2D eigenvalue weighted by molar-refractivity contribution is -0.115. The Morgan fingerprint density at radius 3 is 2.90 bits per heavy atom. The van der Waals surface area contributed by atoms with E-state index in [0.29, 0.717) is 29.9 Å². The van der Waals surface area contributed by atoms with E-state index in [9.17, 15) is 9.59 Å². The van der Waals surface area contributed by atoms with Crippen LogP contribution in [0.15, 0.2) is 46.9 Å². The lowest BCUT2D eigenvalue weighted by Gasteiger charge is -2.17. The summed E-state index contributed by atoms with van der Waals surface area (Å²) in [6, 6.07) is 6.88. The third-order valence-electron chi connectivity index (χ3n) is 4.14. The van der Waals surface area contributed by atoms with Crippen LogP contribution in [0, 0.1) is 0 Å². The Morgan fingerprint density at radius 1 is 1.40 bits per heavy atom. The van der Waals surface area contributed by atoms with Gasteiger partial charge in [-0.05, 0) is 31.5 Å². The molecule has 3 aromatic rings. The summed E-state index contributed by atoms with van der Waals surface area (Å²) in [5.41, 5.74) is 6.29. The van der Waals surface area contributed by atoms with Gasteiger partial charge in [-0.2, -0.15) is 4.98 Å². The number of rotatable bonds is 9. The number of nitrogens with one attached hydrogen (secondary N) is 1. The second kappa shape index (κ2) is 9.77. The second-order valence-electron chi connectivity index (χ2n) is 6.29. The number of carbonyl (C=O) groups excluding carboxylic acids is 1. The largest absolute Gasteiger partial charge is 0.494 e. The molecule has 158 valence electrons. The van der Waals surface area contributed by atoms with Crippen molar-refractivity contribution in [3.8, 4) is 5.75 Å². The molecule has 1 atom stereocenters. The molecule has 0 aliphatic rings. The van der Waals surface area contributed by atoms with Crippen molar-refractivity contribution in [3.63, 3.8) is 0 Å². The topological polar surface area (TPSA) is 112 Å². The number of fused-ring (bicyclic) bond motifs is 1. The molecular formula is C20H23N5O3S2. The first kappa shape index (κ1) is 21.8. The molecule has 0 spiro atoms. The number of aromatic nitrogens is 3. The zero-order valence-corrected chi connectivity index (χ0v) is 18.4. The van der Waals surface area contributed by atoms with Crippen molar-refractivity contribution in [2.45, 2.75) is 37.2 Å². The predicted octanol–water partition coefficient (Wildman–Crippen LogP) is 3.53. The Hall–Kier alpha value is -2.85. The minimum atomic E-state index is -0.472. The van der Waals surface area contributed by atoms with E-state index in [-0.39, 0.29) is 11.7 Å². The Labute approximate surface area is 182 Å². The summed E-state index contributed by atoms with van der Waals surface area (Å²) in [4.78, 5) is 33.2. The van der Waals surface area contributed by atoms with E-state index in [1.54, 1.807) is 10.6 Å². The summed E-state index contributed by atoms with van der Waals surface area (Å²) in [5, 5.41) is 3.29. The minimum absolute atomic E-state index is 0.214. The van der Waals surface area contributed by atoms with Crippen LogP contribution in [0.5, 0.6) is 5.75 Å². The van der Waals surface area contributed by atoms with E-state index in [2.05, 4.69) is 21.9 Å². The van der Waals surface area contributed by atoms with Crippen LogP contribution in [0.1, 0.15) is 20.3 Å². The van der Waals surface area contributed by atoms with Gasteiger partial charge in [-0.25, -0.2) is 4.98 Å². The monoisotopic (exact) mass is 445 g/mol. The van der Waals surface area contributed by atoms with Gasteiger partial charge in [-0.15, -0.1) is 6.58 Å². The zero-order chi connectivity index (χ0) is 21.7. The quantitative estimate of drug-likeness (QED) is 0.294. The van der Waals surface area contributed by atoms with E-state index < -0.39 is 10.8 Å². The minimum Gasteiger partial charge on any atom is -0.494 e. The lowest BCUT2D eigenvalue weighted by Crippen LogP contribution is -2.26. The Morgan fingerprint density at radius 2 is 2.20 bits per heavy atom. The number of nitrogens with zero attached hydrogens (tertiary/aromatic N) is 3. The average Bonchev–Trinajstić information content (AvgIpc) is 3.10. The van der Waals surface area contributed by atoms with Crippen LogP contribution in [0.3, 0.4) is 0 Å². The Balaban J connectivity index is 1.79. The molecule has 3 N–H and O–H groups in total. The Kier molecular flexibility index (Phi) is 7.11. The average molecular weight is 446 g/mol. The third-order valence-corrected chi connectivity index (χ3v) is 6.43. The molecule has 10 heteroatoms. The maximum atomic E-state index is 12.9. The van der Waals surface area contributed by atoms with Crippen LogP contribution in [-0.4, -0.2) is 32.3 Å². The standard InChI is InChI=1S/C20H23N5O3S2/c1-4-9-25-16(21)11-17(26)23-20(25)30-14(5-2)18(27)24-19-22-13-8-7-12(28-6-3)10-15(13)29-19/h4,7-8,10-11,14H,1,5-6,9,21H2,2-3H3,(H,22,24,27)/t14-/m0/s1. The van der Waals surface area contributed by atoms with E-state index in [4.69, 9.17) is 10.5 Å². The fourth-order valence-corrected chi connectivity index (χ4v) is 4.69. The smallest absolute Gasteiger partial charge is 0.275 e. The van der Waals surface area contributed by atoms with Gasteiger partial charge in [-0.3, -0.25) is 9.59 Å². The van der Waals surface area contributed by atoms with Gasteiger partial charge in [0.05, 0.1) is 22.1 Å². The molecule has 2 aromatic heterocycles. The molecule has 0 radical (unpaired) electrons. The molecule has 0 bridgehead atoms. The van der Waals surface area contributed by atoms with Crippen LogP contribution in [0.4, 0.5) is 10.9 Å². The zero-order valence-electron chi connectivity index (χ0n) is 16.8. The summed E-state index contributed by atoms with van der Waals surface area (Å²) in [6.45, 7) is 8.49. The second-order valence-corrected chi connectivity index (χ2v) is 8.49. The van der Waals surface area contributed by atoms with Crippen LogP contribution in [0.25, 0.3) is 10.2 Å². The van der Waals surface area contributed by atoms with E-state index in [0.717, 1.165) is 16.0 Å². The molecule has 1 aromatic carbocycles. The van der Waals surface area contributed by atoms with Gasteiger partial charge in [0.15, 0.2) is 10.3 Å². The molecule has 0 fully saturated rings. The number of hydrogen-bond acceptors (Lipinski definition) is 8. The number of hydrogen-bond donors (Lipinski definition) is 2. The van der Waals surface area contributed by atoms with Crippen molar-refractivity contribution in [3.05, 3.63) is 47.3 Å². The molecule has 0 saturated carbocycles. The molecule has 2 heterocycles. The number of thiazole rings is 1. The molecule has 0 aliphatic carbocycles.